The second kappa shape index (κ2) is 10.9. The van der Waals surface area contributed by atoms with E-state index in [1.165, 1.54) is 13.3 Å². The molecule has 1 aliphatic heterocycles. The summed E-state index contributed by atoms with van der Waals surface area (Å²) in [6.07, 6.45) is 4.86. The number of fused-ring (bicyclic) bond motifs is 1. The van der Waals surface area contributed by atoms with Crippen LogP contribution in [0.15, 0.2) is 67.1 Å². The van der Waals surface area contributed by atoms with Gasteiger partial charge < -0.3 is 35.5 Å². The Morgan fingerprint density at radius 2 is 1.92 bits per heavy atom. The fourth-order valence-electron chi connectivity index (χ4n) is 3.48. The van der Waals surface area contributed by atoms with Gasteiger partial charge in [-0.3, -0.25) is 4.98 Å². The highest BCUT2D eigenvalue weighted by molar-refractivity contribution is 6.32. The van der Waals surface area contributed by atoms with Crippen LogP contribution in [0.5, 0.6) is 17.2 Å². The van der Waals surface area contributed by atoms with Gasteiger partial charge in [-0.05, 0) is 35.9 Å². The molecule has 4 aromatic rings. The van der Waals surface area contributed by atoms with Gasteiger partial charge in [0.05, 0.1) is 19.0 Å². The minimum atomic E-state index is -0.355. The van der Waals surface area contributed by atoms with Crippen LogP contribution in [0.4, 0.5) is 33.6 Å². The first-order valence-electron chi connectivity index (χ1n) is 11.2. The number of anilines is 5. The highest BCUT2D eigenvalue weighted by atomic mass is 35.5. The summed E-state index contributed by atoms with van der Waals surface area (Å²) in [6.45, 7) is 0.542. The Balaban J connectivity index is 1.25. The minimum Gasteiger partial charge on any atom is -0.494 e. The smallest absolute Gasteiger partial charge is 0.319 e. The van der Waals surface area contributed by atoms with E-state index in [-0.39, 0.29) is 12.8 Å². The molecule has 0 spiro atoms. The molecule has 0 saturated heterocycles. The fraction of sp³-hybridized carbons (Fsp3) is 0.120. The van der Waals surface area contributed by atoms with Gasteiger partial charge >= 0.3 is 6.03 Å². The normalized spacial score (nSPS) is 11.5. The van der Waals surface area contributed by atoms with E-state index in [2.05, 4.69) is 36.2 Å². The Morgan fingerprint density at radius 3 is 2.76 bits per heavy atom. The van der Waals surface area contributed by atoms with Crippen LogP contribution >= 0.6 is 11.6 Å². The first kappa shape index (κ1) is 23.9. The summed E-state index contributed by atoms with van der Waals surface area (Å²) in [5.41, 5.74) is 2.77. The zero-order valence-corrected chi connectivity index (χ0v) is 20.4. The minimum absolute atomic E-state index is 0.188. The highest BCUT2D eigenvalue weighted by Gasteiger charge is 2.15. The molecule has 2 aromatic carbocycles. The SMILES string of the molecule is COc1cc(NC(=O)NCc2cccnc2)ccc1Nc1ncc(Cl)c(Nc2ccc3c(c2)OCO3)n1. The van der Waals surface area contributed by atoms with Gasteiger partial charge in [-0.1, -0.05) is 17.7 Å². The summed E-state index contributed by atoms with van der Waals surface area (Å²) in [5.74, 6) is 2.49. The number of rotatable bonds is 8. The number of carbonyl (C=O) groups excluding carboxylic acids is 1. The lowest BCUT2D eigenvalue weighted by Crippen LogP contribution is -2.28. The number of nitrogens with one attached hydrogen (secondary N) is 4. The first-order chi connectivity index (χ1) is 18.1. The largest absolute Gasteiger partial charge is 0.494 e. The zero-order valence-electron chi connectivity index (χ0n) is 19.6. The van der Waals surface area contributed by atoms with Crippen molar-refractivity contribution in [1.29, 1.82) is 0 Å². The Morgan fingerprint density at radius 1 is 1.05 bits per heavy atom. The van der Waals surface area contributed by atoms with Gasteiger partial charge in [-0.15, -0.1) is 0 Å². The molecular formula is C25H22ClN7O4. The molecule has 12 heteroatoms. The number of hydrogen-bond acceptors (Lipinski definition) is 9. The van der Waals surface area contributed by atoms with Crippen LogP contribution in [0.2, 0.25) is 5.02 Å². The van der Waals surface area contributed by atoms with Crippen molar-refractivity contribution in [2.75, 3.05) is 29.9 Å². The van der Waals surface area contributed by atoms with E-state index in [0.29, 0.717) is 52.0 Å². The molecule has 0 atom stereocenters. The van der Waals surface area contributed by atoms with Crippen molar-refractivity contribution in [2.24, 2.45) is 0 Å². The molecule has 0 bridgehead atoms. The van der Waals surface area contributed by atoms with Gasteiger partial charge in [0.2, 0.25) is 12.7 Å². The molecule has 2 amide bonds. The Bertz CT molecular complexity index is 1420. The van der Waals surface area contributed by atoms with Crippen molar-refractivity contribution < 1.29 is 19.0 Å². The standard InChI is InChI=1S/C25H22ClN7O4/c1-35-21-9-17(31-25(34)29-12-15-3-2-8-27-11-15)4-6-19(21)32-24-28-13-18(26)23(33-24)30-16-5-7-20-22(10-16)37-14-36-20/h2-11,13H,12,14H2,1H3,(H2,29,31,34)(H2,28,30,32,33). The molecule has 0 fully saturated rings. The third-order valence-electron chi connectivity index (χ3n) is 5.26. The van der Waals surface area contributed by atoms with Gasteiger partial charge in [0, 0.05) is 42.4 Å². The van der Waals surface area contributed by atoms with Gasteiger partial charge in [0.1, 0.15) is 10.8 Å². The average Bonchev–Trinajstić information content (AvgIpc) is 3.39. The number of methoxy groups -OCH3 is 1. The number of benzene rings is 2. The molecule has 0 aliphatic carbocycles. The predicted molar refractivity (Wildman–Crippen MR) is 139 cm³/mol. The quantitative estimate of drug-likeness (QED) is 0.252. The number of amides is 2. The van der Waals surface area contributed by atoms with Crippen LogP contribution in [0.1, 0.15) is 5.56 Å². The van der Waals surface area contributed by atoms with Gasteiger partial charge in [-0.25, -0.2) is 9.78 Å². The molecule has 5 rings (SSSR count). The highest BCUT2D eigenvalue weighted by Crippen LogP contribution is 2.36. The van der Waals surface area contributed by atoms with Gasteiger partial charge in [0.15, 0.2) is 17.3 Å². The molecule has 2 aromatic heterocycles. The van der Waals surface area contributed by atoms with Crippen LogP contribution in [-0.2, 0) is 6.54 Å². The molecule has 37 heavy (non-hydrogen) atoms. The molecule has 3 heterocycles. The summed E-state index contributed by atoms with van der Waals surface area (Å²) >= 11 is 6.31. The van der Waals surface area contributed by atoms with Crippen LogP contribution in [-0.4, -0.2) is 34.9 Å². The maximum absolute atomic E-state index is 12.3. The van der Waals surface area contributed by atoms with Crippen LogP contribution in [0, 0.1) is 0 Å². The summed E-state index contributed by atoms with van der Waals surface area (Å²) in [7, 11) is 1.53. The number of hydrogen-bond donors (Lipinski definition) is 4. The number of urea groups is 1. The third kappa shape index (κ3) is 5.90. The summed E-state index contributed by atoms with van der Waals surface area (Å²) < 4.78 is 16.3. The molecule has 0 unspecified atom stereocenters. The van der Waals surface area contributed by atoms with E-state index in [1.54, 1.807) is 42.7 Å². The lowest BCUT2D eigenvalue weighted by atomic mass is 10.2. The molecule has 1 aliphatic rings. The molecule has 4 N–H and O–H groups in total. The number of aromatic nitrogens is 3. The van der Waals surface area contributed by atoms with Gasteiger partial charge in [0.25, 0.3) is 0 Å². The number of nitrogens with zero attached hydrogens (tertiary/aromatic N) is 3. The number of halogens is 1. The van der Waals surface area contributed by atoms with E-state index in [1.807, 2.05) is 18.2 Å². The molecule has 11 nitrogen and oxygen atoms in total. The van der Waals surface area contributed by atoms with Crippen molar-refractivity contribution in [3.63, 3.8) is 0 Å². The van der Waals surface area contributed by atoms with Crippen molar-refractivity contribution in [2.45, 2.75) is 6.54 Å². The second-order valence-corrected chi connectivity index (χ2v) is 8.20. The molecule has 0 saturated carbocycles. The monoisotopic (exact) mass is 519 g/mol. The van der Waals surface area contributed by atoms with Crippen LogP contribution in [0.25, 0.3) is 0 Å². The first-order valence-corrected chi connectivity index (χ1v) is 11.5. The molecule has 188 valence electrons. The molecule has 0 radical (unpaired) electrons. The number of carbonyl (C=O) groups is 1. The lowest BCUT2D eigenvalue weighted by molar-refractivity contribution is 0.174. The maximum Gasteiger partial charge on any atom is 0.319 e. The zero-order chi connectivity index (χ0) is 25.6. The number of ether oxygens (including phenoxy) is 3. The lowest BCUT2D eigenvalue weighted by Gasteiger charge is -2.14. The second-order valence-electron chi connectivity index (χ2n) is 7.79. The fourth-order valence-corrected chi connectivity index (χ4v) is 3.62. The van der Waals surface area contributed by atoms with Crippen LogP contribution < -0.4 is 35.5 Å². The Labute approximate surface area is 217 Å². The van der Waals surface area contributed by atoms with Crippen LogP contribution in [0.3, 0.4) is 0 Å². The average molecular weight is 520 g/mol. The van der Waals surface area contributed by atoms with Crippen molar-refractivity contribution in [3.8, 4) is 17.2 Å². The van der Waals surface area contributed by atoms with Crippen molar-refractivity contribution >= 4 is 46.5 Å². The van der Waals surface area contributed by atoms with Crippen molar-refractivity contribution in [3.05, 3.63) is 77.7 Å². The van der Waals surface area contributed by atoms with Crippen molar-refractivity contribution in [1.82, 2.24) is 20.3 Å². The third-order valence-corrected chi connectivity index (χ3v) is 5.54. The van der Waals surface area contributed by atoms with E-state index in [4.69, 9.17) is 25.8 Å². The predicted octanol–water partition coefficient (Wildman–Crippen LogP) is 5.07. The van der Waals surface area contributed by atoms with E-state index >= 15 is 0 Å². The van der Waals surface area contributed by atoms with E-state index < -0.39 is 0 Å². The summed E-state index contributed by atoms with van der Waals surface area (Å²) in [5, 5.41) is 12.2. The summed E-state index contributed by atoms with van der Waals surface area (Å²) in [6, 6.07) is 13.9. The molecular weight excluding hydrogens is 498 g/mol. The van der Waals surface area contributed by atoms with E-state index in [0.717, 1.165) is 11.3 Å². The topological polar surface area (TPSA) is 132 Å². The number of pyridine rings is 1. The maximum atomic E-state index is 12.3. The summed E-state index contributed by atoms with van der Waals surface area (Å²) in [4.78, 5) is 25.1. The Hall–Kier alpha value is -4.77. The van der Waals surface area contributed by atoms with E-state index in [9.17, 15) is 4.79 Å². The Kier molecular flexibility index (Phi) is 7.04. The van der Waals surface area contributed by atoms with Gasteiger partial charge in [-0.2, -0.15) is 4.98 Å².